The monoisotopic (exact) mass is 660 g/mol. The van der Waals surface area contributed by atoms with Gasteiger partial charge in [-0.3, -0.25) is 4.57 Å². The van der Waals surface area contributed by atoms with Gasteiger partial charge in [0, 0.05) is 48.7 Å². The number of hydrogen-bond donors (Lipinski definition) is 0. The first-order valence-corrected chi connectivity index (χ1v) is 17.8. The first-order chi connectivity index (χ1) is 25.8. The third kappa shape index (κ3) is 3.65. The van der Waals surface area contributed by atoms with E-state index < -0.39 is 0 Å². The van der Waals surface area contributed by atoms with Gasteiger partial charge in [-0.15, -0.1) is 0 Å². The molecule has 12 aromatic rings. The van der Waals surface area contributed by atoms with Gasteiger partial charge in [0.15, 0.2) is 5.82 Å². The van der Waals surface area contributed by atoms with Crippen LogP contribution in [0.2, 0.25) is 0 Å². The molecule has 0 aliphatic heterocycles. The largest absolute Gasteiger partial charge is 0.307 e. The standard InChI is InChI=1S/C48H28N4/c1-2-13-29(14-3-1)31-16-12-17-32(27-31)47-49-39-22-9-6-19-35(39)48(50-47)51-40-23-10-7-20-36(40)43-42(51)28-38-34-26-25-30-15-4-5-18-33(30)45(34)52-41-24-11-8-21-37(41)44(43)46(38)52/h1-28H. The highest BCUT2D eigenvalue weighted by Crippen LogP contribution is 2.48. The quantitative estimate of drug-likeness (QED) is 0.189. The summed E-state index contributed by atoms with van der Waals surface area (Å²) in [5.74, 6) is 1.58. The van der Waals surface area contributed by atoms with E-state index in [0.29, 0.717) is 5.82 Å². The van der Waals surface area contributed by atoms with E-state index in [-0.39, 0.29) is 0 Å². The molecule has 0 aliphatic rings. The molecule has 0 radical (unpaired) electrons. The first kappa shape index (κ1) is 27.7. The Morgan fingerprint density at radius 1 is 0.365 bits per heavy atom. The van der Waals surface area contributed by atoms with Crippen LogP contribution in [0.1, 0.15) is 0 Å². The van der Waals surface area contributed by atoms with E-state index in [1.54, 1.807) is 0 Å². The second kappa shape index (κ2) is 10.3. The van der Waals surface area contributed by atoms with Crippen LogP contribution in [0.4, 0.5) is 0 Å². The zero-order valence-electron chi connectivity index (χ0n) is 28.0. The van der Waals surface area contributed by atoms with Crippen LogP contribution in [0.15, 0.2) is 170 Å². The van der Waals surface area contributed by atoms with Crippen molar-refractivity contribution in [1.29, 1.82) is 0 Å². The second-order valence-corrected chi connectivity index (χ2v) is 13.8. The van der Waals surface area contributed by atoms with E-state index in [0.717, 1.165) is 38.9 Å². The summed E-state index contributed by atoms with van der Waals surface area (Å²) in [6.45, 7) is 0. The zero-order valence-corrected chi connectivity index (χ0v) is 28.0. The summed E-state index contributed by atoms with van der Waals surface area (Å²) in [6, 6.07) is 60.9. The summed E-state index contributed by atoms with van der Waals surface area (Å²) in [5, 5.41) is 11.0. The van der Waals surface area contributed by atoms with Crippen LogP contribution in [0.3, 0.4) is 0 Å². The molecule has 0 amide bonds. The fourth-order valence-corrected chi connectivity index (χ4v) is 8.82. The van der Waals surface area contributed by atoms with E-state index in [9.17, 15) is 0 Å². The van der Waals surface area contributed by atoms with Crippen LogP contribution >= 0.6 is 0 Å². The normalized spacial score (nSPS) is 12.2. The van der Waals surface area contributed by atoms with Crippen LogP contribution in [0.5, 0.6) is 0 Å². The predicted molar refractivity (Wildman–Crippen MR) is 217 cm³/mol. The van der Waals surface area contributed by atoms with Gasteiger partial charge in [0.1, 0.15) is 5.82 Å². The highest BCUT2D eigenvalue weighted by atomic mass is 15.1. The summed E-state index contributed by atoms with van der Waals surface area (Å²) in [6.07, 6.45) is 0. The minimum atomic E-state index is 0.705. The summed E-state index contributed by atoms with van der Waals surface area (Å²) in [7, 11) is 0. The predicted octanol–water partition coefficient (Wildman–Crippen LogP) is 12.4. The van der Waals surface area contributed by atoms with Crippen molar-refractivity contribution in [3.8, 4) is 28.3 Å². The van der Waals surface area contributed by atoms with Crippen molar-refractivity contribution >= 4 is 81.6 Å². The molecule has 0 saturated heterocycles. The first-order valence-electron chi connectivity index (χ1n) is 17.8. The van der Waals surface area contributed by atoms with Gasteiger partial charge < -0.3 is 4.40 Å². The lowest BCUT2D eigenvalue weighted by atomic mass is 10.0. The molecule has 4 aromatic heterocycles. The highest BCUT2D eigenvalue weighted by Gasteiger charge is 2.26. The van der Waals surface area contributed by atoms with E-state index in [2.05, 4.69) is 179 Å². The Bertz CT molecular complexity index is 3410. The number of rotatable bonds is 3. The minimum absolute atomic E-state index is 0.705. The van der Waals surface area contributed by atoms with E-state index in [1.165, 1.54) is 65.2 Å². The van der Waals surface area contributed by atoms with Gasteiger partial charge in [0.25, 0.3) is 0 Å². The maximum absolute atomic E-state index is 5.48. The Morgan fingerprint density at radius 2 is 1.04 bits per heavy atom. The van der Waals surface area contributed by atoms with E-state index in [1.807, 2.05) is 0 Å². The average molecular weight is 661 g/mol. The molecule has 0 saturated carbocycles. The molecular formula is C48H28N4. The molecule has 0 aliphatic carbocycles. The Morgan fingerprint density at radius 3 is 1.90 bits per heavy atom. The van der Waals surface area contributed by atoms with Crippen LogP contribution in [-0.2, 0) is 0 Å². The lowest BCUT2D eigenvalue weighted by Crippen LogP contribution is -2.02. The highest BCUT2D eigenvalue weighted by molar-refractivity contribution is 6.37. The Kier molecular flexibility index (Phi) is 5.47. The van der Waals surface area contributed by atoms with Crippen molar-refractivity contribution in [2.24, 2.45) is 0 Å². The molecule has 240 valence electrons. The molecule has 0 unspecified atom stereocenters. The summed E-state index contributed by atoms with van der Waals surface area (Å²) in [4.78, 5) is 10.6. The van der Waals surface area contributed by atoms with Crippen LogP contribution < -0.4 is 0 Å². The number of para-hydroxylation sites is 3. The fourth-order valence-electron chi connectivity index (χ4n) is 8.82. The maximum Gasteiger partial charge on any atom is 0.162 e. The molecule has 0 N–H and O–H groups in total. The zero-order chi connectivity index (χ0) is 33.9. The van der Waals surface area contributed by atoms with Gasteiger partial charge in [0.2, 0.25) is 0 Å². The molecule has 0 bridgehead atoms. The lowest BCUT2D eigenvalue weighted by Gasteiger charge is -2.13. The average Bonchev–Trinajstić information content (AvgIpc) is 3.85. The number of aromatic nitrogens is 4. The third-order valence-electron chi connectivity index (χ3n) is 11.0. The van der Waals surface area contributed by atoms with Gasteiger partial charge in [-0.1, -0.05) is 133 Å². The minimum Gasteiger partial charge on any atom is -0.307 e. The molecule has 4 heterocycles. The number of nitrogens with zero attached hydrogens (tertiary/aromatic N) is 4. The summed E-state index contributed by atoms with van der Waals surface area (Å²) < 4.78 is 4.90. The molecule has 52 heavy (non-hydrogen) atoms. The maximum atomic E-state index is 5.48. The molecule has 0 spiro atoms. The fraction of sp³-hybridized carbons (Fsp3) is 0. The molecule has 8 aromatic carbocycles. The molecule has 4 nitrogen and oxygen atoms in total. The van der Waals surface area contributed by atoms with Gasteiger partial charge >= 0.3 is 0 Å². The SMILES string of the molecule is c1ccc(-c2cccc(-c3nc(-n4c5ccccc5c5c6c7ccccc7n7c8c9ccccc9ccc8c(cc54)c67)c4ccccc4n3)c2)cc1. The molecule has 0 fully saturated rings. The summed E-state index contributed by atoms with van der Waals surface area (Å²) in [5.41, 5.74) is 10.2. The van der Waals surface area contributed by atoms with Crippen molar-refractivity contribution in [2.45, 2.75) is 0 Å². The van der Waals surface area contributed by atoms with E-state index >= 15 is 0 Å². The number of benzene rings is 8. The Labute approximate surface area is 297 Å². The Balaban J connectivity index is 1.25. The van der Waals surface area contributed by atoms with Crippen LogP contribution in [0, 0.1) is 0 Å². The lowest BCUT2D eigenvalue weighted by molar-refractivity contribution is 1.08. The number of fused-ring (bicyclic) bond motifs is 13. The van der Waals surface area contributed by atoms with Crippen molar-refractivity contribution in [3.05, 3.63) is 170 Å². The van der Waals surface area contributed by atoms with Crippen LogP contribution in [-0.4, -0.2) is 18.9 Å². The van der Waals surface area contributed by atoms with Crippen molar-refractivity contribution < 1.29 is 0 Å². The topological polar surface area (TPSA) is 35.1 Å². The van der Waals surface area contributed by atoms with Crippen molar-refractivity contribution in [3.63, 3.8) is 0 Å². The van der Waals surface area contributed by atoms with Gasteiger partial charge in [0.05, 0.1) is 33.1 Å². The number of hydrogen-bond acceptors (Lipinski definition) is 2. The second-order valence-electron chi connectivity index (χ2n) is 13.8. The van der Waals surface area contributed by atoms with Gasteiger partial charge in [-0.2, -0.15) is 0 Å². The third-order valence-corrected chi connectivity index (χ3v) is 11.0. The molecule has 4 heteroatoms. The van der Waals surface area contributed by atoms with Crippen LogP contribution in [0.25, 0.3) is 110 Å². The van der Waals surface area contributed by atoms with E-state index in [4.69, 9.17) is 9.97 Å². The Hall–Kier alpha value is -7.04. The van der Waals surface area contributed by atoms with Crippen molar-refractivity contribution in [1.82, 2.24) is 18.9 Å². The summed E-state index contributed by atoms with van der Waals surface area (Å²) >= 11 is 0. The molecule has 12 rings (SSSR count). The van der Waals surface area contributed by atoms with Gasteiger partial charge in [-0.05, 0) is 52.9 Å². The van der Waals surface area contributed by atoms with Gasteiger partial charge in [-0.25, -0.2) is 9.97 Å². The smallest absolute Gasteiger partial charge is 0.162 e. The van der Waals surface area contributed by atoms with Crippen molar-refractivity contribution in [2.75, 3.05) is 0 Å². The molecule has 0 atom stereocenters. The molecular weight excluding hydrogens is 633 g/mol.